The van der Waals surface area contributed by atoms with E-state index in [1.165, 1.54) is 18.6 Å². The highest BCUT2D eigenvalue weighted by molar-refractivity contribution is 5.92. The fraction of sp³-hybridized carbons (Fsp3) is 0.353. The topological polar surface area (TPSA) is 37.3 Å². The van der Waals surface area contributed by atoms with Gasteiger partial charge in [0.1, 0.15) is 5.82 Å². The highest BCUT2D eigenvalue weighted by atomic mass is 19.1. The van der Waals surface area contributed by atoms with Gasteiger partial charge in [-0.15, -0.1) is 0 Å². The zero-order valence-electron chi connectivity index (χ0n) is 11.1. The van der Waals surface area contributed by atoms with Gasteiger partial charge in [-0.25, -0.2) is 9.18 Å². The highest BCUT2D eigenvalue weighted by Crippen LogP contribution is 2.46. The lowest BCUT2D eigenvalue weighted by molar-refractivity contribution is -0.132. The van der Waals surface area contributed by atoms with Crippen LogP contribution in [0.1, 0.15) is 24.8 Å². The minimum atomic E-state index is -0.874. The molecule has 1 saturated carbocycles. The van der Waals surface area contributed by atoms with Crippen LogP contribution in [0.3, 0.4) is 0 Å². The predicted octanol–water partition coefficient (Wildman–Crippen LogP) is 3.90. The van der Waals surface area contributed by atoms with Crippen molar-refractivity contribution in [2.24, 2.45) is 17.8 Å². The molecule has 1 aromatic rings. The van der Waals surface area contributed by atoms with E-state index in [2.05, 4.69) is 12.2 Å². The van der Waals surface area contributed by atoms with Crippen LogP contribution in [0.2, 0.25) is 0 Å². The molecule has 0 amide bonds. The minimum Gasteiger partial charge on any atom is -0.478 e. The lowest BCUT2D eigenvalue weighted by Gasteiger charge is -2.18. The molecule has 3 heteroatoms. The molecule has 0 radical (unpaired) electrons. The van der Waals surface area contributed by atoms with Crippen LogP contribution >= 0.6 is 0 Å². The van der Waals surface area contributed by atoms with Crippen molar-refractivity contribution in [1.29, 1.82) is 0 Å². The Kier molecular flexibility index (Phi) is 3.43. The minimum absolute atomic E-state index is 0.308. The molecule has 0 heterocycles. The Balaban J connectivity index is 1.77. The third-order valence-corrected chi connectivity index (χ3v) is 4.38. The third-order valence-electron chi connectivity index (χ3n) is 4.38. The Bertz CT molecular complexity index is 571. The molecule has 2 aliphatic rings. The smallest absolute Gasteiger partial charge is 0.331 e. The molecular weight excluding hydrogens is 255 g/mol. The van der Waals surface area contributed by atoms with E-state index < -0.39 is 5.97 Å². The zero-order chi connectivity index (χ0) is 14.1. The van der Waals surface area contributed by atoms with Gasteiger partial charge in [-0.1, -0.05) is 24.3 Å². The van der Waals surface area contributed by atoms with Crippen molar-refractivity contribution in [2.45, 2.75) is 19.3 Å². The first kappa shape index (κ1) is 13.1. The number of allylic oxidation sites excluding steroid dienone is 2. The van der Waals surface area contributed by atoms with Gasteiger partial charge in [0.05, 0.1) is 0 Å². The van der Waals surface area contributed by atoms with E-state index in [1.54, 1.807) is 18.2 Å². The van der Waals surface area contributed by atoms with Crippen molar-refractivity contribution in [3.05, 3.63) is 53.4 Å². The molecule has 2 nitrogen and oxygen atoms in total. The van der Waals surface area contributed by atoms with Crippen LogP contribution in [-0.4, -0.2) is 11.1 Å². The van der Waals surface area contributed by atoms with Gasteiger partial charge in [0.2, 0.25) is 0 Å². The second kappa shape index (κ2) is 5.23. The summed E-state index contributed by atoms with van der Waals surface area (Å²) in [4.78, 5) is 11.4. The maximum Gasteiger partial charge on any atom is 0.331 e. The first-order valence-corrected chi connectivity index (χ1v) is 6.99. The quantitative estimate of drug-likeness (QED) is 0.666. The standard InChI is InChI=1S/C17H17FO2/c18-16-5-2-11(3-6-16)7-15(17(19)20)10-14-9-12-1-4-13(14)8-12/h1-7,12-14H,8-10H2,(H,19,20). The van der Waals surface area contributed by atoms with Crippen molar-refractivity contribution in [3.8, 4) is 0 Å². The summed E-state index contributed by atoms with van der Waals surface area (Å²) in [6.45, 7) is 0. The van der Waals surface area contributed by atoms with Gasteiger partial charge in [0.15, 0.2) is 0 Å². The van der Waals surface area contributed by atoms with Gasteiger partial charge < -0.3 is 5.11 Å². The molecule has 3 rings (SSSR count). The number of halogens is 1. The van der Waals surface area contributed by atoms with E-state index in [0.717, 1.165) is 12.0 Å². The van der Waals surface area contributed by atoms with Crippen molar-refractivity contribution < 1.29 is 14.3 Å². The summed E-state index contributed by atoms with van der Waals surface area (Å²) in [6.07, 6.45) is 9.01. The molecule has 2 bridgehead atoms. The number of carboxylic acids is 1. The Morgan fingerprint density at radius 3 is 2.55 bits per heavy atom. The summed E-state index contributed by atoms with van der Waals surface area (Å²) in [6, 6.07) is 5.93. The molecular formula is C17H17FO2. The SMILES string of the molecule is O=C(O)C(=Cc1ccc(F)cc1)CC1CC2C=CC1C2. The van der Waals surface area contributed by atoms with Crippen molar-refractivity contribution in [3.63, 3.8) is 0 Å². The molecule has 104 valence electrons. The van der Waals surface area contributed by atoms with E-state index in [1.807, 2.05) is 0 Å². The number of carboxylic acid groups (broad SMARTS) is 1. The maximum absolute atomic E-state index is 12.9. The summed E-state index contributed by atoms with van der Waals surface area (Å²) < 4.78 is 12.9. The zero-order valence-corrected chi connectivity index (χ0v) is 11.1. The Hall–Kier alpha value is -1.90. The summed E-state index contributed by atoms with van der Waals surface area (Å²) in [7, 11) is 0. The van der Waals surface area contributed by atoms with Gasteiger partial charge in [0, 0.05) is 5.57 Å². The Labute approximate surface area is 117 Å². The molecule has 3 atom stereocenters. The number of benzene rings is 1. The number of hydrogen-bond acceptors (Lipinski definition) is 1. The average molecular weight is 272 g/mol. The van der Waals surface area contributed by atoms with Crippen LogP contribution in [0, 0.1) is 23.6 Å². The summed E-state index contributed by atoms with van der Waals surface area (Å²) >= 11 is 0. The normalized spacial score (nSPS) is 28.1. The molecule has 1 aromatic carbocycles. The monoisotopic (exact) mass is 272 g/mol. The molecule has 20 heavy (non-hydrogen) atoms. The van der Waals surface area contributed by atoms with Gasteiger partial charge in [-0.05, 0) is 60.8 Å². The molecule has 1 fully saturated rings. The van der Waals surface area contributed by atoms with Gasteiger partial charge in [-0.3, -0.25) is 0 Å². The fourth-order valence-corrected chi connectivity index (χ4v) is 3.38. The second-order valence-electron chi connectivity index (χ2n) is 5.77. The Morgan fingerprint density at radius 2 is 2.00 bits per heavy atom. The first-order chi connectivity index (χ1) is 9.61. The molecule has 0 aliphatic heterocycles. The van der Waals surface area contributed by atoms with E-state index in [9.17, 15) is 14.3 Å². The number of rotatable bonds is 4. The number of fused-ring (bicyclic) bond motifs is 2. The van der Waals surface area contributed by atoms with E-state index in [-0.39, 0.29) is 5.82 Å². The summed E-state index contributed by atoms with van der Waals surface area (Å²) in [5.41, 5.74) is 1.16. The van der Waals surface area contributed by atoms with E-state index >= 15 is 0 Å². The largest absolute Gasteiger partial charge is 0.478 e. The number of aliphatic carboxylic acids is 1. The molecule has 0 spiro atoms. The molecule has 1 N–H and O–H groups in total. The van der Waals surface area contributed by atoms with Crippen LogP contribution < -0.4 is 0 Å². The Morgan fingerprint density at radius 1 is 1.25 bits per heavy atom. The van der Waals surface area contributed by atoms with Crippen molar-refractivity contribution in [1.82, 2.24) is 0 Å². The van der Waals surface area contributed by atoms with E-state index in [4.69, 9.17) is 0 Å². The second-order valence-corrected chi connectivity index (χ2v) is 5.77. The average Bonchev–Trinajstić information content (AvgIpc) is 3.02. The van der Waals surface area contributed by atoms with Crippen molar-refractivity contribution in [2.75, 3.05) is 0 Å². The fourth-order valence-electron chi connectivity index (χ4n) is 3.38. The highest BCUT2D eigenvalue weighted by Gasteiger charge is 2.36. The van der Waals surface area contributed by atoms with Gasteiger partial charge in [0.25, 0.3) is 0 Å². The van der Waals surface area contributed by atoms with Gasteiger partial charge in [-0.2, -0.15) is 0 Å². The predicted molar refractivity (Wildman–Crippen MR) is 75.5 cm³/mol. The molecule has 0 saturated heterocycles. The van der Waals surface area contributed by atoms with Crippen LogP contribution in [0.4, 0.5) is 4.39 Å². The third kappa shape index (κ3) is 2.67. The summed E-state index contributed by atoms with van der Waals surface area (Å²) in [5.74, 6) is 0.438. The van der Waals surface area contributed by atoms with Crippen LogP contribution in [0.15, 0.2) is 42.0 Å². The summed E-state index contributed by atoms with van der Waals surface area (Å²) in [5, 5.41) is 9.36. The van der Waals surface area contributed by atoms with Crippen LogP contribution in [-0.2, 0) is 4.79 Å². The lowest BCUT2D eigenvalue weighted by atomic mass is 9.87. The molecule has 2 aliphatic carbocycles. The maximum atomic E-state index is 12.9. The number of carbonyl (C=O) groups is 1. The number of hydrogen-bond donors (Lipinski definition) is 1. The lowest BCUT2D eigenvalue weighted by Crippen LogP contribution is -2.12. The van der Waals surface area contributed by atoms with Crippen LogP contribution in [0.5, 0.6) is 0 Å². The first-order valence-electron chi connectivity index (χ1n) is 6.99. The van der Waals surface area contributed by atoms with Crippen molar-refractivity contribution >= 4 is 12.0 Å². The molecule has 3 unspecified atom stereocenters. The van der Waals surface area contributed by atoms with Crippen LogP contribution in [0.25, 0.3) is 6.08 Å². The van der Waals surface area contributed by atoms with E-state index in [0.29, 0.717) is 29.7 Å². The molecule has 0 aromatic heterocycles. The van der Waals surface area contributed by atoms with Gasteiger partial charge >= 0.3 is 5.97 Å².